The van der Waals surface area contributed by atoms with Crippen molar-refractivity contribution in [2.24, 2.45) is 5.73 Å². The van der Waals surface area contributed by atoms with Crippen molar-refractivity contribution in [3.63, 3.8) is 0 Å². The summed E-state index contributed by atoms with van der Waals surface area (Å²) in [6.07, 6.45) is 6.23. The fraction of sp³-hybridized carbons (Fsp3) is 0.455. The van der Waals surface area contributed by atoms with Gasteiger partial charge in [0.2, 0.25) is 5.91 Å². The molecule has 82 valence electrons. The van der Waals surface area contributed by atoms with Gasteiger partial charge < -0.3 is 10.5 Å². The molecule has 4 nitrogen and oxygen atoms in total. The van der Waals surface area contributed by atoms with Crippen LogP contribution in [0.5, 0.6) is 0 Å². The molecular weight excluding hydrogens is 194 g/mol. The summed E-state index contributed by atoms with van der Waals surface area (Å²) in [7, 11) is 0. The first-order valence-corrected chi connectivity index (χ1v) is 4.90. The Morgan fingerprint density at radius 3 is 2.60 bits per heavy atom. The van der Waals surface area contributed by atoms with Crippen LogP contribution in [0.3, 0.4) is 0 Å². The first-order valence-electron chi connectivity index (χ1n) is 4.90. The van der Waals surface area contributed by atoms with E-state index < -0.39 is 18.1 Å². The molecule has 0 aromatic carbocycles. The number of epoxide rings is 1. The molecule has 2 N–H and O–H groups in total. The van der Waals surface area contributed by atoms with E-state index in [-0.39, 0.29) is 5.78 Å². The third-order valence-electron chi connectivity index (χ3n) is 2.12. The Balaban J connectivity index is 2.15. The molecule has 0 aromatic heterocycles. The topological polar surface area (TPSA) is 72.7 Å². The highest BCUT2D eigenvalue weighted by molar-refractivity contribution is 5.95. The van der Waals surface area contributed by atoms with Crippen LogP contribution in [0.2, 0.25) is 0 Å². The van der Waals surface area contributed by atoms with Crippen LogP contribution in [-0.4, -0.2) is 23.9 Å². The van der Waals surface area contributed by atoms with E-state index in [1.54, 1.807) is 6.08 Å². The van der Waals surface area contributed by atoms with E-state index in [1.807, 2.05) is 12.2 Å². The van der Waals surface area contributed by atoms with Crippen LogP contribution in [0, 0.1) is 0 Å². The largest absolute Gasteiger partial charge is 0.367 e. The lowest BCUT2D eigenvalue weighted by atomic mass is 10.1. The Kier molecular flexibility index (Phi) is 4.24. The first kappa shape index (κ1) is 11.7. The number of Topliss-reactive ketones (excluding diaryl/α,β-unsaturated/α-hetero) is 1. The monoisotopic (exact) mass is 209 g/mol. The second kappa shape index (κ2) is 5.46. The summed E-state index contributed by atoms with van der Waals surface area (Å²) in [4.78, 5) is 22.0. The molecule has 2 atom stereocenters. The normalized spacial score (nSPS) is 24.0. The van der Waals surface area contributed by atoms with Crippen LogP contribution >= 0.6 is 0 Å². The SMILES string of the molecule is C=CC/C=C\CCC(=O)[C@H]1O[C@H]1C(N)=O. The van der Waals surface area contributed by atoms with Gasteiger partial charge in [-0.3, -0.25) is 9.59 Å². The number of hydrogen-bond acceptors (Lipinski definition) is 3. The van der Waals surface area contributed by atoms with Crippen LogP contribution in [0.15, 0.2) is 24.8 Å². The Hall–Kier alpha value is -1.42. The lowest BCUT2D eigenvalue weighted by Crippen LogP contribution is -2.22. The molecule has 1 rings (SSSR count). The predicted molar refractivity (Wildman–Crippen MR) is 56.1 cm³/mol. The van der Waals surface area contributed by atoms with Crippen LogP contribution in [0.4, 0.5) is 0 Å². The second-order valence-corrected chi connectivity index (χ2v) is 3.38. The van der Waals surface area contributed by atoms with E-state index in [1.165, 1.54) is 0 Å². The first-order chi connectivity index (χ1) is 7.16. The maximum atomic E-state index is 11.4. The molecule has 1 aliphatic heterocycles. The Bertz CT molecular complexity index is 296. The van der Waals surface area contributed by atoms with E-state index in [4.69, 9.17) is 10.5 Å². The van der Waals surface area contributed by atoms with Gasteiger partial charge in [-0.25, -0.2) is 0 Å². The second-order valence-electron chi connectivity index (χ2n) is 3.38. The number of rotatable bonds is 7. The molecule has 0 bridgehead atoms. The number of primary amides is 1. The van der Waals surface area contributed by atoms with Gasteiger partial charge in [0.05, 0.1) is 0 Å². The molecule has 1 amide bonds. The van der Waals surface area contributed by atoms with E-state index in [0.717, 1.165) is 6.42 Å². The molecule has 15 heavy (non-hydrogen) atoms. The van der Waals surface area contributed by atoms with Gasteiger partial charge in [-0.05, 0) is 12.8 Å². The summed E-state index contributed by atoms with van der Waals surface area (Å²) in [6, 6.07) is 0. The van der Waals surface area contributed by atoms with Gasteiger partial charge in [0.15, 0.2) is 18.0 Å². The summed E-state index contributed by atoms with van der Waals surface area (Å²) in [6.45, 7) is 3.57. The predicted octanol–water partition coefficient (Wildman–Crippen LogP) is 0.721. The van der Waals surface area contributed by atoms with Crippen molar-refractivity contribution in [3.05, 3.63) is 24.8 Å². The van der Waals surface area contributed by atoms with E-state index in [0.29, 0.717) is 12.8 Å². The molecule has 0 unspecified atom stereocenters. The smallest absolute Gasteiger partial charge is 0.249 e. The van der Waals surface area contributed by atoms with E-state index >= 15 is 0 Å². The fourth-order valence-electron chi connectivity index (χ4n) is 1.25. The molecule has 4 heteroatoms. The van der Waals surface area contributed by atoms with Gasteiger partial charge in [0.25, 0.3) is 0 Å². The Morgan fingerprint density at radius 2 is 2.07 bits per heavy atom. The highest BCUT2D eigenvalue weighted by Crippen LogP contribution is 2.24. The lowest BCUT2D eigenvalue weighted by molar-refractivity contribution is -0.121. The standard InChI is InChI=1S/C11H15NO3/c1-2-3-4-5-6-7-8(13)9-10(15-9)11(12)14/h2,4-5,9-10H,1,3,6-7H2,(H2,12,14)/b5-4-/t9-,10-/m1/s1. The van der Waals surface area contributed by atoms with Gasteiger partial charge in [-0.15, -0.1) is 6.58 Å². The molecule has 0 aromatic rings. The number of ether oxygens (including phenoxy) is 1. The highest BCUT2D eigenvalue weighted by Gasteiger charge is 2.48. The minimum atomic E-state index is -0.686. The third-order valence-corrected chi connectivity index (χ3v) is 2.12. The van der Waals surface area contributed by atoms with Gasteiger partial charge in [0.1, 0.15) is 0 Å². The number of allylic oxidation sites excluding steroid dienone is 3. The molecule has 1 saturated heterocycles. The van der Waals surface area contributed by atoms with Gasteiger partial charge in [-0.1, -0.05) is 18.2 Å². The van der Waals surface area contributed by atoms with Crippen molar-refractivity contribution < 1.29 is 14.3 Å². The number of nitrogens with two attached hydrogens (primary N) is 1. The average Bonchev–Trinajstić information content (AvgIpc) is 2.96. The maximum Gasteiger partial charge on any atom is 0.249 e. The van der Waals surface area contributed by atoms with Gasteiger partial charge >= 0.3 is 0 Å². The fourth-order valence-corrected chi connectivity index (χ4v) is 1.25. The maximum absolute atomic E-state index is 11.4. The van der Waals surface area contributed by atoms with E-state index in [2.05, 4.69) is 6.58 Å². The average molecular weight is 209 g/mol. The van der Waals surface area contributed by atoms with E-state index in [9.17, 15) is 9.59 Å². The summed E-state index contributed by atoms with van der Waals surface area (Å²) >= 11 is 0. The molecule has 0 spiro atoms. The molecule has 0 radical (unpaired) electrons. The molecular formula is C11H15NO3. The zero-order valence-corrected chi connectivity index (χ0v) is 8.52. The molecule has 1 aliphatic rings. The summed E-state index contributed by atoms with van der Waals surface area (Å²) in [5.41, 5.74) is 4.98. The molecule has 1 heterocycles. The van der Waals surface area contributed by atoms with Crippen LogP contribution in [0.1, 0.15) is 19.3 Å². The zero-order chi connectivity index (χ0) is 11.3. The molecule has 0 saturated carbocycles. The minimum Gasteiger partial charge on any atom is -0.367 e. The quantitative estimate of drug-likeness (QED) is 0.496. The number of carbonyl (C=O) groups excluding carboxylic acids is 2. The van der Waals surface area contributed by atoms with Crippen molar-refractivity contribution in [2.75, 3.05) is 0 Å². The summed E-state index contributed by atoms with van der Waals surface area (Å²) in [5.74, 6) is -0.613. The van der Waals surface area contributed by atoms with Gasteiger partial charge in [-0.2, -0.15) is 0 Å². The van der Waals surface area contributed by atoms with Crippen LogP contribution in [0.25, 0.3) is 0 Å². The van der Waals surface area contributed by atoms with Gasteiger partial charge in [0, 0.05) is 6.42 Å². The van der Waals surface area contributed by atoms with Crippen molar-refractivity contribution in [3.8, 4) is 0 Å². The van der Waals surface area contributed by atoms with Crippen LogP contribution < -0.4 is 5.73 Å². The molecule has 1 fully saturated rings. The van der Waals surface area contributed by atoms with Crippen molar-refractivity contribution in [1.29, 1.82) is 0 Å². The van der Waals surface area contributed by atoms with Crippen molar-refractivity contribution >= 4 is 11.7 Å². The summed E-state index contributed by atoms with van der Waals surface area (Å²) in [5, 5.41) is 0. The Labute approximate surface area is 88.8 Å². The number of ketones is 1. The molecule has 0 aliphatic carbocycles. The highest BCUT2D eigenvalue weighted by atomic mass is 16.6. The number of carbonyl (C=O) groups is 2. The number of amides is 1. The minimum absolute atomic E-state index is 0.0537. The van der Waals surface area contributed by atoms with Crippen molar-refractivity contribution in [2.45, 2.75) is 31.5 Å². The Morgan fingerprint density at radius 1 is 1.33 bits per heavy atom. The number of hydrogen-bond donors (Lipinski definition) is 1. The zero-order valence-electron chi connectivity index (χ0n) is 8.52. The lowest BCUT2D eigenvalue weighted by Gasteiger charge is -1.91. The van der Waals surface area contributed by atoms with Crippen molar-refractivity contribution in [1.82, 2.24) is 0 Å². The third kappa shape index (κ3) is 3.67. The van der Waals surface area contributed by atoms with Crippen LogP contribution in [-0.2, 0) is 14.3 Å². The summed E-state index contributed by atoms with van der Waals surface area (Å²) < 4.78 is 4.85.